The van der Waals surface area contributed by atoms with Crippen molar-refractivity contribution in [2.24, 2.45) is 5.73 Å². The molecule has 1 fully saturated rings. The largest absolute Gasteiger partial charge is 0.381 e. The SMILES string of the molecule is Cc1ccc(Cc2noc(C3COCCC3N)n2)cc1. The molecule has 0 radical (unpaired) electrons. The summed E-state index contributed by atoms with van der Waals surface area (Å²) in [4.78, 5) is 4.46. The van der Waals surface area contributed by atoms with Gasteiger partial charge < -0.3 is 15.0 Å². The van der Waals surface area contributed by atoms with Gasteiger partial charge in [-0.15, -0.1) is 0 Å². The number of aromatic nitrogens is 2. The zero-order valence-electron chi connectivity index (χ0n) is 11.6. The minimum atomic E-state index is 0.0167. The number of nitrogens with two attached hydrogens (primary N) is 1. The summed E-state index contributed by atoms with van der Waals surface area (Å²) >= 11 is 0. The van der Waals surface area contributed by atoms with Crippen LogP contribution >= 0.6 is 0 Å². The maximum absolute atomic E-state index is 6.08. The Bertz CT molecular complexity index is 565. The maximum Gasteiger partial charge on any atom is 0.233 e. The summed E-state index contributed by atoms with van der Waals surface area (Å²) in [6.07, 6.45) is 1.51. The van der Waals surface area contributed by atoms with Crippen LogP contribution in [-0.2, 0) is 11.2 Å². The van der Waals surface area contributed by atoms with Gasteiger partial charge in [-0.05, 0) is 18.9 Å². The molecule has 5 heteroatoms. The lowest BCUT2D eigenvalue weighted by atomic mass is 9.97. The number of nitrogens with zero attached hydrogens (tertiary/aromatic N) is 2. The molecule has 1 aromatic carbocycles. The number of benzene rings is 1. The van der Waals surface area contributed by atoms with Gasteiger partial charge in [0.2, 0.25) is 5.89 Å². The second-order valence-electron chi connectivity index (χ2n) is 5.35. The van der Waals surface area contributed by atoms with E-state index in [2.05, 4.69) is 41.3 Å². The summed E-state index contributed by atoms with van der Waals surface area (Å²) < 4.78 is 10.8. The van der Waals surface area contributed by atoms with Gasteiger partial charge in [0, 0.05) is 19.1 Å². The van der Waals surface area contributed by atoms with Crippen LogP contribution in [0.4, 0.5) is 0 Å². The predicted molar refractivity (Wildman–Crippen MR) is 74.4 cm³/mol. The van der Waals surface area contributed by atoms with Crippen LogP contribution in [-0.4, -0.2) is 29.4 Å². The second kappa shape index (κ2) is 5.73. The van der Waals surface area contributed by atoms with Crippen LogP contribution in [0.5, 0.6) is 0 Å². The van der Waals surface area contributed by atoms with Gasteiger partial charge in [0.15, 0.2) is 5.82 Å². The van der Waals surface area contributed by atoms with Crippen molar-refractivity contribution in [1.82, 2.24) is 10.1 Å². The van der Waals surface area contributed by atoms with Crippen LogP contribution in [0.2, 0.25) is 0 Å². The molecule has 0 bridgehead atoms. The fraction of sp³-hybridized carbons (Fsp3) is 0.467. The number of rotatable bonds is 3. The third-order valence-electron chi connectivity index (χ3n) is 3.69. The van der Waals surface area contributed by atoms with Crippen LogP contribution in [0.1, 0.15) is 35.2 Å². The minimum absolute atomic E-state index is 0.0167. The molecule has 2 unspecified atom stereocenters. The van der Waals surface area contributed by atoms with Crippen LogP contribution in [0.3, 0.4) is 0 Å². The van der Waals surface area contributed by atoms with E-state index in [0.29, 0.717) is 31.3 Å². The van der Waals surface area contributed by atoms with E-state index >= 15 is 0 Å². The molecule has 2 N–H and O–H groups in total. The van der Waals surface area contributed by atoms with E-state index in [1.807, 2.05) is 0 Å². The summed E-state index contributed by atoms with van der Waals surface area (Å²) in [7, 11) is 0. The Hall–Kier alpha value is -1.72. The fourth-order valence-electron chi connectivity index (χ4n) is 2.39. The Labute approximate surface area is 118 Å². The van der Waals surface area contributed by atoms with Crippen molar-refractivity contribution in [2.45, 2.75) is 31.7 Å². The van der Waals surface area contributed by atoms with Crippen LogP contribution in [0.15, 0.2) is 28.8 Å². The first kappa shape index (κ1) is 13.3. The molecule has 5 nitrogen and oxygen atoms in total. The van der Waals surface area contributed by atoms with Gasteiger partial charge in [0.05, 0.1) is 12.5 Å². The van der Waals surface area contributed by atoms with Crippen molar-refractivity contribution >= 4 is 0 Å². The number of ether oxygens (including phenoxy) is 1. The second-order valence-corrected chi connectivity index (χ2v) is 5.35. The van der Waals surface area contributed by atoms with Crippen molar-refractivity contribution in [2.75, 3.05) is 13.2 Å². The van der Waals surface area contributed by atoms with Crippen LogP contribution < -0.4 is 5.73 Å². The summed E-state index contributed by atoms with van der Waals surface area (Å²) in [6.45, 7) is 3.34. The molecule has 2 aromatic rings. The summed E-state index contributed by atoms with van der Waals surface area (Å²) in [5.74, 6) is 1.31. The van der Waals surface area contributed by atoms with E-state index in [1.165, 1.54) is 11.1 Å². The summed E-state index contributed by atoms with van der Waals surface area (Å²) in [5, 5.41) is 4.05. The molecule has 0 amide bonds. The van der Waals surface area contributed by atoms with Gasteiger partial charge in [-0.1, -0.05) is 35.0 Å². The Morgan fingerprint density at radius 1 is 1.30 bits per heavy atom. The Morgan fingerprint density at radius 2 is 2.10 bits per heavy atom. The highest BCUT2D eigenvalue weighted by atomic mass is 16.5. The van der Waals surface area contributed by atoms with Gasteiger partial charge in [0.25, 0.3) is 0 Å². The number of hydrogen-bond acceptors (Lipinski definition) is 5. The van der Waals surface area contributed by atoms with Gasteiger partial charge in [0.1, 0.15) is 0 Å². The smallest absolute Gasteiger partial charge is 0.233 e. The van der Waals surface area contributed by atoms with Crippen molar-refractivity contribution in [3.8, 4) is 0 Å². The van der Waals surface area contributed by atoms with Crippen molar-refractivity contribution < 1.29 is 9.26 Å². The lowest BCUT2D eigenvalue weighted by molar-refractivity contribution is 0.0590. The Balaban J connectivity index is 1.71. The highest BCUT2D eigenvalue weighted by Crippen LogP contribution is 2.23. The Morgan fingerprint density at radius 3 is 2.85 bits per heavy atom. The Kier molecular flexibility index (Phi) is 3.80. The van der Waals surface area contributed by atoms with Gasteiger partial charge >= 0.3 is 0 Å². The summed E-state index contributed by atoms with van der Waals surface area (Å²) in [6, 6.07) is 8.38. The average molecular weight is 273 g/mol. The van der Waals surface area contributed by atoms with E-state index < -0.39 is 0 Å². The van der Waals surface area contributed by atoms with Crippen molar-refractivity contribution in [3.63, 3.8) is 0 Å². The zero-order chi connectivity index (χ0) is 13.9. The zero-order valence-corrected chi connectivity index (χ0v) is 11.6. The maximum atomic E-state index is 6.08. The third kappa shape index (κ3) is 2.89. The molecule has 0 spiro atoms. The molecule has 0 aliphatic carbocycles. The fourth-order valence-corrected chi connectivity index (χ4v) is 2.39. The van der Waals surface area contributed by atoms with Gasteiger partial charge in [-0.3, -0.25) is 0 Å². The molecule has 0 saturated carbocycles. The molecule has 1 aliphatic heterocycles. The first-order valence-electron chi connectivity index (χ1n) is 6.94. The molecular formula is C15H19N3O2. The number of hydrogen-bond donors (Lipinski definition) is 1. The average Bonchev–Trinajstić information content (AvgIpc) is 2.90. The molecule has 1 aromatic heterocycles. The number of aryl methyl sites for hydroxylation is 1. The normalized spacial score (nSPS) is 22.9. The lowest BCUT2D eigenvalue weighted by Crippen LogP contribution is -2.37. The molecule has 106 valence electrons. The van der Waals surface area contributed by atoms with E-state index in [4.69, 9.17) is 15.0 Å². The van der Waals surface area contributed by atoms with E-state index in [9.17, 15) is 0 Å². The molecule has 1 saturated heterocycles. The topological polar surface area (TPSA) is 74.2 Å². The standard InChI is InChI=1S/C15H19N3O2/c1-10-2-4-11(5-3-10)8-14-17-15(20-18-14)12-9-19-7-6-13(12)16/h2-5,12-13H,6-9,16H2,1H3. The van der Waals surface area contributed by atoms with E-state index in [-0.39, 0.29) is 12.0 Å². The molecule has 20 heavy (non-hydrogen) atoms. The molecule has 1 aliphatic rings. The van der Waals surface area contributed by atoms with Crippen molar-refractivity contribution in [1.29, 1.82) is 0 Å². The molecule has 2 heterocycles. The lowest BCUT2D eigenvalue weighted by Gasteiger charge is -2.25. The highest BCUT2D eigenvalue weighted by molar-refractivity contribution is 5.23. The highest BCUT2D eigenvalue weighted by Gasteiger charge is 2.29. The first-order chi connectivity index (χ1) is 9.72. The molecule has 2 atom stereocenters. The van der Waals surface area contributed by atoms with Crippen LogP contribution in [0.25, 0.3) is 0 Å². The summed E-state index contributed by atoms with van der Waals surface area (Å²) in [5.41, 5.74) is 8.50. The first-order valence-corrected chi connectivity index (χ1v) is 6.94. The van der Waals surface area contributed by atoms with E-state index in [0.717, 1.165) is 6.42 Å². The van der Waals surface area contributed by atoms with Gasteiger partial charge in [-0.2, -0.15) is 4.98 Å². The predicted octanol–water partition coefficient (Wildman–Crippen LogP) is 1.80. The third-order valence-corrected chi connectivity index (χ3v) is 3.69. The van der Waals surface area contributed by atoms with Crippen LogP contribution in [0, 0.1) is 6.92 Å². The minimum Gasteiger partial charge on any atom is -0.381 e. The van der Waals surface area contributed by atoms with Gasteiger partial charge in [-0.25, -0.2) is 0 Å². The van der Waals surface area contributed by atoms with Crippen molar-refractivity contribution in [3.05, 3.63) is 47.1 Å². The monoisotopic (exact) mass is 273 g/mol. The quantitative estimate of drug-likeness (QED) is 0.923. The molecule has 3 rings (SSSR count). The van der Waals surface area contributed by atoms with E-state index in [1.54, 1.807) is 0 Å². The molecular weight excluding hydrogens is 254 g/mol.